The Bertz CT molecular complexity index is 738. The van der Waals surface area contributed by atoms with Gasteiger partial charge in [0.05, 0.1) is 12.7 Å². The zero-order valence-corrected chi connectivity index (χ0v) is 23.0. The lowest BCUT2D eigenvalue weighted by atomic mass is 9.58. The van der Waals surface area contributed by atoms with E-state index in [4.69, 9.17) is 24.0 Å². The van der Waals surface area contributed by atoms with Gasteiger partial charge in [0.1, 0.15) is 0 Å². The van der Waals surface area contributed by atoms with Crippen LogP contribution in [0, 0.1) is 23.7 Å². The summed E-state index contributed by atoms with van der Waals surface area (Å²) in [7, 11) is 2.18. The molecule has 6 aliphatic rings. The highest BCUT2D eigenvalue weighted by Gasteiger charge is 2.69. The summed E-state index contributed by atoms with van der Waals surface area (Å²) in [6.45, 7) is 15.3. The Morgan fingerprint density at radius 2 is 1.86 bits per heavy atom. The maximum Gasteiger partial charge on any atom is 0.201 e. The van der Waals surface area contributed by atoms with E-state index in [2.05, 4.69) is 36.0 Å². The normalized spacial score (nSPS) is 45.2. The van der Waals surface area contributed by atoms with Gasteiger partial charge in [-0.05, 0) is 71.5 Å². The predicted octanol–water partition coefficient (Wildman–Crippen LogP) is 2.19. The second-order valence-corrected chi connectivity index (χ2v) is 12.4. The van der Waals surface area contributed by atoms with Crippen molar-refractivity contribution in [3.8, 4) is 0 Å². The van der Waals surface area contributed by atoms with Gasteiger partial charge >= 0.3 is 0 Å². The van der Waals surface area contributed by atoms with E-state index in [0.717, 1.165) is 65.0 Å². The number of hydrogen-bond acceptors (Lipinski definition) is 9. The topological polar surface area (TPSA) is 84.9 Å². The Hall–Kier alpha value is -0.360. The number of nitrogens with zero attached hydrogens (tertiary/aromatic N) is 2. The van der Waals surface area contributed by atoms with E-state index in [9.17, 15) is 5.11 Å². The second kappa shape index (κ2) is 11.0. The fourth-order valence-electron chi connectivity index (χ4n) is 7.24. The summed E-state index contributed by atoms with van der Waals surface area (Å²) in [5.74, 6) is 0.437. The molecule has 3 unspecified atom stereocenters. The zero-order chi connectivity index (χ0) is 25.5. The Balaban J connectivity index is 1.12. The molecule has 0 aromatic carbocycles. The molecule has 1 spiro atoms. The van der Waals surface area contributed by atoms with Gasteiger partial charge in [-0.1, -0.05) is 13.8 Å². The molecule has 10 atom stereocenters. The minimum absolute atomic E-state index is 0.0524. The van der Waals surface area contributed by atoms with Crippen molar-refractivity contribution in [1.29, 1.82) is 0 Å². The maximum atomic E-state index is 10.8. The number of hydrogen-bond donors (Lipinski definition) is 2. The maximum absolute atomic E-state index is 10.8. The first-order valence-corrected chi connectivity index (χ1v) is 14.4. The van der Waals surface area contributed by atoms with Gasteiger partial charge in [-0.2, -0.15) is 0 Å². The molecule has 6 fully saturated rings. The summed E-state index contributed by atoms with van der Waals surface area (Å²) in [5, 5.41) is 14.3. The Morgan fingerprint density at radius 3 is 2.64 bits per heavy atom. The highest BCUT2D eigenvalue weighted by molar-refractivity contribution is 5.09. The smallest absolute Gasteiger partial charge is 0.201 e. The molecule has 1 saturated carbocycles. The molecule has 36 heavy (non-hydrogen) atoms. The molecule has 0 aromatic rings. The monoisotopic (exact) mass is 511 g/mol. The number of likely N-dealkylation sites (N-methyl/N-ethyl adjacent to an activating group) is 1. The Labute approximate surface area is 217 Å². The molecular formula is C27H49N3O6. The summed E-state index contributed by atoms with van der Waals surface area (Å²) in [6, 6.07) is -0.0524. The average Bonchev–Trinajstić information content (AvgIpc) is 3.09. The molecule has 0 amide bonds. The zero-order valence-electron chi connectivity index (χ0n) is 23.0. The van der Waals surface area contributed by atoms with E-state index in [1.54, 1.807) is 0 Å². The number of rotatable bonds is 9. The van der Waals surface area contributed by atoms with Crippen LogP contribution < -0.4 is 5.32 Å². The highest BCUT2D eigenvalue weighted by atomic mass is 17.3. The molecular weight excluding hydrogens is 462 g/mol. The fourth-order valence-corrected chi connectivity index (χ4v) is 7.24. The van der Waals surface area contributed by atoms with Crippen molar-refractivity contribution in [1.82, 2.24) is 15.1 Å². The molecule has 1 aliphatic carbocycles. The largest absolute Gasteiger partial charge is 0.389 e. The van der Waals surface area contributed by atoms with E-state index in [1.165, 1.54) is 6.42 Å². The van der Waals surface area contributed by atoms with Crippen LogP contribution in [0.15, 0.2) is 0 Å². The molecule has 0 radical (unpaired) electrons. The lowest BCUT2D eigenvalue weighted by molar-refractivity contribution is -0.577. The summed E-state index contributed by atoms with van der Waals surface area (Å²) < 4.78 is 19.1. The van der Waals surface area contributed by atoms with Crippen molar-refractivity contribution in [2.75, 3.05) is 52.9 Å². The Morgan fingerprint density at radius 1 is 1.08 bits per heavy atom. The van der Waals surface area contributed by atoms with Crippen LogP contribution >= 0.6 is 0 Å². The van der Waals surface area contributed by atoms with Crippen LogP contribution in [0.4, 0.5) is 0 Å². The average molecular weight is 512 g/mol. The van der Waals surface area contributed by atoms with E-state index >= 15 is 0 Å². The number of aliphatic hydroxyl groups excluding tert-OH is 1. The lowest BCUT2D eigenvalue weighted by Crippen LogP contribution is -2.70. The highest BCUT2D eigenvalue weighted by Crippen LogP contribution is 2.60. The van der Waals surface area contributed by atoms with Crippen LogP contribution in [0.3, 0.4) is 0 Å². The van der Waals surface area contributed by atoms with Gasteiger partial charge in [0, 0.05) is 50.5 Å². The lowest BCUT2D eigenvalue weighted by Gasteiger charge is -2.60. The van der Waals surface area contributed by atoms with Crippen molar-refractivity contribution < 1.29 is 29.1 Å². The molecule has 5 saturated heterocycles. The quantitative estimate of drug-likeness (QED) is 0.357. The molecule has 9 heteroatoms. The van der Waals surface area contributed by atoms with Crippen molar-refractivity contribution in [3.63, 3.8) is 0 Å². The van der Waals surface area contributed by atoms with Crippen molar-refractivity contribution >= 4 is 0 Å². The van der Waals surface area contributed by atoms with Gasteiger partial charge in [-0.25, -0.2) is 9.78 Å². The summed E-state index contributed by atoms with van der Waals surface area (Å²) >= 11 is 0. The molecule has 6 rings (SSSR count). The predicted molar refractivity (Wildman–Crippen MR) is 135 cm³/mol. The van der Waals surface area contributed by atoms with Gasteiger partial charge in [-0.3, -0.25) is 0 Å². The molecule has 2 bridgehead atoms. The number of aliphatic hydroxyl groups is 1. The number of piperazine rings is 1. The molecule has 0 aromatic heterocycles. The third-order valence-electron chi connectivity index (χ3n) is 9.82. The van der Waals surface area contributed by atoms with Crippen molar-refractivity contribution in [2.45, 2.75) is 95.9 Å². The van der Waals surface area contributed by atoms with Crippen molar-refractivity contribution in [3.05, 3.63) is 0 Å². The Kier molecular flexibility index (Phi) is 8.33. The SMILES string of the molecule is CC(NCCCN1CCN(C)CC1)C(O)COC1O[C@@H]2O[C@]3(C)CC[C@H]4[C@H](C)CC[C@@H]([C@H]1C)[C@@]24OO3. The number of fused-ring (bicyclic) bond motifs is 2. The van der Waals surface area contributed by atoms with Crippen LogP contribution in [0.1, 0.15) is 59.8 Å². The number of nitrogens with one attached hydrogen (secondary N) is 1. The standard InChI is InChI=1S/C27H49N3O6/c1-18-7-8-22-19(2)24(33-25-27(22)21(18)9-10-26(4,34-25)35-36-27)32-17-23(31)20(3)28-11-6-12-30-15-13-29(5)14-16-30/h18-25,28,31H,6-17H2,1-5H3/t18-,19-,20?,21+,22+,23?,24?,25-,26+,27-/m1/s1. The summed E-state index contributed by atoms with van der Waals surface area (Å²) in [5.41, 5.74) is -0.579. The second-order valence-electron chi connectivity index (χ2n) is 12.4. The first-order chi connectivity index (χ1) is 17.2. The van der Waals surface area contributed by atoms with Crippen LogP contribution in [0.5, 0.6) is 0 Å². The fraction of sp³-hybridized carbons (Fsp3) is 1.00. The summed E-state index contributed by atoms with van der Waals surface area (Å²) in [6.07, 6.45) is 3.53. The van der Waals surface area contributed by atoms with E-state index in [0.29, 0.717) is 11.8 Å². The minimum atomic E-state index is -0.787. The van der Waals surface area contributed by atoms with E-state index in [-0.39, 0.29) is 24.5 Å². The molecule has 208 valence electrons. The van der Waals surface area contributed by atoms with Crippen LogP contribution in [-0.2, 0) is 24.0 Å². The van der Waals surface area contributed by atoms with Gasteiger partial charge in [0.2, 0.25) is 5.79 Å². The first kappa shape index (κ1) is 27.2. The third kappa shape index (κ3) is 5.25. The molecule has 5 heterocycles. The van der Waals surface area contributed by atoms with E-state index in [1.807, 2.05) is 13.8 Å². The van der Waals surface area contributed by atoms with Crippen LogP contribution in [0.2, 0.25) is 0 Å². The van der Waals surface area contributed by atoms with Crippen LogP contribution in [-0.4, -0.2) is 104 Å². The molecule has 9 nitrogen and oxygen atoms in total. The van der Waals surface area contributed by atoms with Gasteiger partial charge < -0.3 is 34.4 Å². The van der Waals surface area contributed by atoms with Gasteiger partial charge in [0.15, 0.2) is 18.2 Å². The molecule has 5 aliphatic heterocycles. The van der Waals surface area contributed by atoms with Gasteiger partial charge in [0.25, 0.3) is 0 Å². The van der Waals surface area contributed by atoms with E-state index < -0.39 is 30.1 Å². The number of ether oxygens (including phenoxy) is 3. The molecule has 2 N–H and O–H groups in total. The summed E-state index contributed by atoms with van der Waals surface area (Å²) in [4.78, 5) is 17.0. The van der Waals surface area contributed by atoms with Gasteiger partial charge in [-0.15, -0.1) is 0 Å². The third-order valence-corrected chi connectivity index (χ3v) is 9.82. The first-order valence-electron chi connectivity index (χ1n) is 14.4. The minimum Gasteiger partial charge on any atom is -0.389 e. The van der Waals surface area contributed by atoms with Crippen molar-refractivity contribution in [2.24, 2.45) is 23.7 Å². The van der Waals surface area contributed by atoms with Crippen LogP contribution in [0.25, 0.3) is 0 Å².